The topological polar surface area (TPSA) is 63.0 Å². The second-order valence-corrected chi connectivity index (χ2v) is 10.0. The van der Waals surface area contributed by atoms with Crippen LogP contribution >= 0.6 is 34.5 Å². The second kappa shape index (κ2) is 8.81. The van der Waals surface area contributed by atoms with E-state index >= 15 is 0 Å². The molecular weight excluding hydrogens is 471 g/mol. The maximum Gasteiger partial charge on any atom is 0.289 e. The number of carbonyl (C=O) groups is 2. The van der Waals surface area contributed by atoms with Crippen molar-refractivity contribution in [1.82, 2.24) is 9.80 Å². The van der Waals surface area contributed by atoms with Crippen LogP contribution in [0.25, 0.3) is 0 Å². The summed E-state index contributed by atoms with van der Waals surface area (Å²) < 4.78 is 12.0. The van der Waals surface area contributed by atoms with Crippen molar-refractivity contribution in [1.29, 1.82) is 0 Å². The Hall–Kier alpha value is -2.48. The SMILES string of the molecule is O=C(c1ccco1)N1CCC(N2C(=O)C(Oc3cccc(Cl)c3)C2c2ccc(Cl)s2)CC1. The number of ether oxygens (including phenoxy) is 1. The Morgan fingerprint density at radius 1 is 1.09 bits per heavy atom. The minimum atomic E-state index is -0.633. The summed E-state index contributed by atoms with van der Waals surface area (Å²) in [7, 11) is 0. The smallest absolute Gasteiger partial charge is 0.289 e. The number of hydrogen-bond donors (Lipinski definition) is 0. The third-order valence-electron chi connectivity index (χ3n) is 5.91. The van der Waals surface area contributed by atoms with Gasteiger partial charge in [0.25, 0.3) is 11.8 Å². The number of piperidine rings is 1. The molecule has 4 heterocycles. The zero-order valence-electron chi connectivity index (χ0n) is 16.9. The molecule has 0 saturated carbocycles. The highest BCUT2D eigenvalue weighted by Gasteiger charge is 2.54. The summed E-state index contributed by atoms with van der Waals surface area (Å²) in [6.07, 6.45) is 2.25. The van der Waals surface area contributed by atoms with Gasteiger partial charge in [0.15, 0.2) is 5.76 Å². The fourth-order valence-electron chi connectivity index (χ4n) is 4.37. The lowest BCUT2D eigenvalue weighted by Gasteiger charge is -2.51. The van der Waals surface area contributed by atoms with E-state index in [1.54, 1.807) is 41.3 Å². The summed E-state index contributed by atoms with van der Waals surface area (Å²) in [6, 6.07) is 14.0. The number of hydrogen-bond acceptors (Lipinski definition) is 5. The van der Waals surface area contributed by atoms with Crippen molar-refractivity contribution in [3.05, 3.63) is 74.8 Å². The highest BCUT2D eigenvalue weighted by atomic mass is 35.5. The van der Waals surface area contributed by atoms with Crippen molar-refractivity contribution >= 4 is 46.4 Å². The van der Waals surface area contributed by atoms with Crippen LogP contribution in [0.5, 0.6) is 5.75 Å². The summed E-state index contributed by atoms with van der Waals surface area (Å²) in [5, 5.41) is 0.551. The normalized spacial score (nSPS) is 21.5. The lowest BCUT2D eigenvalue weighted by Crippen LogP contribution is -2.65. The molecule has 9 heteroatoms. The van der Waals surface area contributed by atoms with E-state index in [1.807, 2.05) is 17.0 Å². The fraction of sp³-hybridized carbons (Fsp3) is 0.304. The monoisotopic (exact) mass is 490 g/mol. The first kappa shape index (κ1) is 21.4. The predicted octanol–water partition coefficient (Wildman–Crippen LogP) is 5.28. The Labute approximate surface area is 199 Å². The van der Waals surface area contributed by atoms with Crippen LogP contribution in [0.4, 0.5) is 0 Å². The molecule has 2 amide bonds. The van der Waals surface area contributed by atoms with E-state index < -0.39 is 6.10 Å². The van der Waals surface area contributed by atoms with Crippen LogP contribution < -0.4 is 4.74 Å². The molecule has 2 fully saturated rings. The average molecular weight is 491 g/mol. The predicted molar refractivity (Wildman–Crippen MR) is 122 cm³/mol. The zero-order valence-corrected chi connectivity index (χ0v) is 19.3. The van der Waals surface area contributed by atoms with Gasteiger partial charge in [-0.25, -0.2) is 0 Å². The molecule has 0 N–H and O–H groups in total. The number of β-lactam (4-membered cyclic amide) rings is 1. The van der Waals surface area contributed by atoms with Crippen LogP contribution in [0.2, 0.25) is 9.36 Å². The molecule has 0 spiro atoms. The number of halogens is 2. The van der Waals surface area contributed by atoms with E-state index in [0.717, 1.165) is 4.88 Å². The van der Waals surface area contributed by atoms with Crippen molar-refractivity contribution in [2.75, 3.05) is 13.1 Å². The molecule has 166 valence electrons. The molecule has 3 aromatic rings. The summed E-state index contributed by atoms with van der Waals surface area (Å²) >= 11 is 13.7. The minimum absolute atomic E-state index is 0.0215. The molecule has 32 heavy (non-hydrogen) atoms. The van der Waals surface area contributed by atoms with E-state index in [2.05, 4.69) is 0 Å². The van der Waals surface area contributed by atoms with E-state index in [0.29, 0.717) is 46.8 Å². The number of furan rings is 1. The second-order valence-electron chi connectivity index (χ2n) is 7.83. The lowest BCUT2D eigenvalue weighted by atomic mass is 9.89. The first-order chi connectivity index (χ1) is 15.5. The number of amides is 2. The van der Waals surface area contributed by atoms with Crippen LogP contribution in [0, 0.1) is 0 Å². The first-order valence-electron chi connectivity index (χ1n) is 10.3. The van der Waals surface area contributed by atoms with Crippen LogP contribution in [0.3, 0.4) is 0 Å². The molecule has 0 bridgehead atoms. The number of rotatable bonds is 5. The highest BCUT2D eigenvalue weighted by Crippen LogP contribution is 2.44. The van der Waals surface area contributed by atoms with Crippen LogP contribution in [0.1, 0.15) is 34.3 Å². The van der Waals surface area contributed by atoms with Gasteiger partial charge in [0.1, 0.15) is 11.8 Å². The van der Waals surface area contributed by atoms with Gasteiger partial charge in [-0.15, -0.1) is 11.3 Å². The molecule has 2 unspecified atom stereocenters. The Morgan fingerprint density at radius 3 is 2.56 bits per heavy atom. The summed E-state index contributed by atoms with van der Waals surface area (Å²) in [5.74, 6) is 0.717. The zero-order chi connectivity index (χ0) is 22.2. The Balaban J connectivity index is 1.32. The molecule has 1 aromatic carbocycles. The van der Waals surface area contributed by atoms with Crippen molar-refractivity contribution < 1.29 is 18.7 Å². The Bertz CT molecular complexity index is 1120. The van der Waals surface area contributed by atoms with E-state index in [-0.39, 0.29) is 23.9 Å². The van der Waals surface area contributed by atoms with Gasteiger partial charge in [-0.3, -0.25) is 9.59 Å². The third-order valence-corrected chi connectivity index (χ3v) is 7.44. The van der Waals surface area contributed by atoms with E-state index in [4.69, 9.17) is 32.4 Å². The van der Waals surface area contributed by atoms with Crippen molar-refractivity contribution in [3.8, 4) is 5.75 Å². The molecule has 0 aliphatic carbocycles. The van der Waals surface area contributed by atoms with Gasteiger partial charge in [0.2, 0.25) is 6.10 Å². The van der Waals surface area contributed by atoms with E-state index in [9.17, 15) is 9.59 Å². The first-order valence-corrected chi connectivity index (χ1v) is 11.9. The fourth-order valence-corrected chi connectivity index (χ4v) is 5.73. The highest BCUT2D eigenvalue weighted by molar-refractivity contribution is 7.16. The molecule has 6 nitrogen and oxygen atoms in total. The lowest BCUT2D eigenvalue weighted by molar-refractivity contribution is -0.170. The van der Waals surface area contributed by atoms with Crippen molar-refractivity contribution in [3.63, 3.8) is 0 Å². The molecular formula is C23H20Cl2N2O4S. The molecule has 2 atom stereocenters. The molecule has 2 aromatic heterocycles. The number of benzene rings is 1. The Kier molecular flexibility index (Phi) is 5.88. The molecule has 0 radical (unpaired) electrons. The van der Waals surface area contributed by atoms with Crippen LogP contribution in [-0.4, -0.2) is 46.8 Å². The van der Waals surface area contributed by atoms with Gasteiger partial charge in [-0.1, -0.05) is 29.3 Å². The van der Waals surface area contributed by atoms with Gasteiger partial charge < -0.3 is 19.0 Å². The maximum absolute atomic E-state index is 13.2. The Morgan fingerprint density at radius 2 is 1.91 bits per heavy atom. The van der Waals surface area contributed by atoms with E-state index in [1.165, 1.54) is 17.6 Å². The van der Waals surface area contributed by atoms with Crippen LogP contribution in [0.15, 0.2) is 59.2 Å². The minimum Gasteiger partial charge on any atom is -0.478 e. The molecule has 2 aliphatic rings. The summed E-state index contributed by atoms with van der Waals surface area (Å²) in [6.45, 7) is 1.12. The van der Waals surface area contributed by atoms with Gasteiger partial charge in [-0.2, -0.15) is 0 Å². The molecule has 2 saturated heterocycles. The summed E-state index contributed by atoms with van der Waals surface area (Å²) in [5.41, 5.74) is 0. The number of likely N-dealkylation sites (tertiary alicyclic amines) is 2. The number of nitrogens with zero attached hydrogens (tertiary/aromatic N) is 2. The summed E-state index contributed by atoms with van der Waals surface area (Å²) in [4.78, 5) is 30.4. The largest absolute Gasteiger partial charge is 0.478 e. The van der Waals surface area contributed by atoms with Gasteiger partial charge in [0, 0.05) is 29.0 Å². The van der Waals surface area contributed by atoms with Crippen molar-refractivity contribution in [2.24, 2.45) is 0 Å². The number of thiophene rings is 1. The quantitative estimate of drug-likeness (QED) is 0.456. The average Bonchev–Trinajstić information content (AvgIpc) is 3.47. The van der Waals surface area contributed by atoms with Gasteiger partial charge in [-0.05, 0) is 55.3 Å². The van der Waals surface area contributed by atoms with Crippen LogP contribution in [-0.2, 0) is 4.79 Å². The van der Waals surface area contributed by atoms with Gasteiger partial charge in [0.05, 0.1) is 10.6 Å². The molecule has 2 aliphatic heterocycles. The number of carbonyl (C=O) groups excluding carboxylic acids is 2. The molecule has 5 rings (SSSR count). The van der Waals surface area contributed by atoms with Crippen molar-refractivity contribution in [2.45, 2.75) is 31.0 Å². The maximum atomic E-state index is 13.2. The van der Waals surface area contributed by atoms with Gasteiger partial charge >= 0.3 is 0 Å². The standard InChI is InChI=1S/C23H20Cl2N2O4S/c24-14-3-1-4-16(13-14)31-21-20(18-6-7-19(25)32-18)27(23(21)29)15-8-10-26(11-9-15)22(28)17-5-2-12-30-17/h1-7,12-13,15,20-21H,8-11H2. The third kappa shape index (κ3) is 4.00.